The Bertz CT molecular complexity index is 856. The van der Waals surface area contributed by atoms with E-state index in [0.717, 1.165) is 36.3 Å². The first-order chi connectivity index (χ1) is 13.2. The van der Waals surface area contributed by atoms with Gasteiger partial charge in [0.15, 0.2) is 0 Å². The molecule has 1 N–H and O–H groups in total. The molecule has 0 unspecified atom stereocenters. The van der Waals surface area contributed by atoms with Crippen molar-refractivity contribution in [3.63, 3.8) is 0 Å². The molecule has 0 aromatic heterocycles. The predicted octanol–water partition coefficient (Wildman–Crippen LogP) is 4.78. The second-order valence-electron chi connectivity index (χ2n) is 6.77. The second-order valence-corrected chi connectivity index (χ2v) is 6.77. The van der Waals surface area contributed by atoms with Crippen LogP contribution in [0.4, 0.5) is 11.4 Å². The van der Waals surface area contributed by atoms with Crippen molar-refractivity contribution in [1.82, 2.24) is 0 Å². The zero-order chi connectivity index (χ0) is 19.1. The molecule has 2 aromatic rings. The second kappa shape index (κ2) is 9.05. The highest BCUT2D eigenvalue weighted by atomic mass is 16.1. The highest BCUT2D eigenvalue weighted by Gasteiger charge is 2.13. The Morgan fingerprint density at radius 2 is 1.81 bits per heavy atom. The molecule has 1 saturated heterocycles. The van der Waals surface area contributed by atoms with Gasteiger partial charge in [0.05, 0.1) is 0 Å². The maximum atomic E-state index is 12.5. The highest BCUT2D eigenvalue weighted by molar-refractivity contribution is 6.10. The molecule has 0 radical (unpaired) electrons. The zero-order valence-electron chi connectivity index (χ0n) is 15.7. The van der Waals surface area contributed by atoms with Gasteiger partial charge in [-0.2, -0.15) is 5.26 Å². The van der Waals surface area contributed by atoms with Crippen LogP contribution < -0.4 is 10.2 Å². The molecule has 4 heteroatoms. The number of amides is 1. The number of nitrogens with one attached hydrogen (secondary N) is 1. The molecule has 3 rings (SSSR count). The van der Waals surface area contributed by atoms with E-state index in [4.69, 9.17) is 0 Å². The van der Waals surface area contributed by atoms with Gasteiger partial charge in [-0.1, -0.05) is 37.3 Å². The third-order valence-corrected chi connectivity index (χ3v) is 4.94. The van der Waals surface area contributed by atoms with Crippen LogP contribution in [0, 0.1) is 11.3 Å². The van der Waals surface area contributed by atoms with E-state index in [1.54, 1.807) is 6.08 Å². The molecule has 0 spiro atoms. The molecule has 1 amide bonds. The zero-order valence-corrected chi connectivity index (χ0v) is 15.7. The minimum atomic E-state index is -0.376. The Morgan fingerprint density at radius 3 is 2.48 bits per heavy atom. The van der Waals surface area contributed by atoms with Gasteiger partial charge in [-0.05, 0) is 61.1 Å². The molecule has 2 aromatic carbocycles. The van der Waals surface area contributed by atoms with E-state index >= 15 is 0 Å². The number of nitrogens with zero attached hydrogens (tertiary/aromatic N) is 2. The van der Waals surface area contributed by atoms with E-state index in [1.807, 2.05) is 49.4 Å². The van der Waals surface area contributed by atoms with Crippen LogP contribution in [0.3, 0.4) is 0 Å². The highest BCUT2D eigenvalue weighted by Crippen LogP contribution is 2.21. The van der Waals surface area contributed by atoms with Crippen LogP contribution in [0.15, 0.2) is 54.1 Å². The summed E-state index contributed by atoms with van der Waals surface area (Å²) in [5.41, 5.74) is 3.96. The van der Waals surface area contributed by atoms with Crippen molar-refractivity contribution in [1.29, 1.82) is 5.26 Å². The third-order valence-electron chi connectivity index (χ3n) is 4.94. The van der Waals surface area contributed by atoms with Crippen LogP contribution in [-0.2, 0) is 11.2 Å². The molecule has 0 saturated carbocycles. The van der Waals surface area contributed by atoms with Crippen molar-refractivity contribution in [2.45, 2.75) is 32.6 Å². The number of hydrogen-bond acceptors (Lipinski definition) is 3. The van der Waals surface area contributed by atoms with Gasteiger partial charge in [-0.25, -0.2) is 0 Å². The topological polar surface area (TPSA) is 56.1 Å². The van der Waals surface area contributed by atoms with Crippen LogP contribution in [0.5, 0.6) is 0 Å². The van der Waals surface area contributed by atoms with E-state index in [-0.39, 0.29) is 11.5 Å². The summed E-state index contributed by atoms with van der Waals surface area (Å²) in [7, 11) is 0. The molecule has 1 heterocycles. The summed E-state index contributed by atoms with van der Waals surface area (Å²) >= 11 is 0. The quantitative estimate of drug-likeness (QED) is 0.617. The molecule has 1 fully saturated rings. The molecule has 138 valence electrons. The SMILES string of the molecule is CCc1ccccc1NC(=O)/C(C#N)=C\c1ccc(N2CCCCC2)cc1. The Kier molecular flexibility index (Phi) is 6.27. The number of aryl methyl sites for hydroxylation is 1. The van der Waals surface area contributed by atoms with Crippen molar-refractivity contribution in [2.75, 3.05) is 23.3 Å². The van der Waals surface area contributed by atoms with Gasteiger partial charge >= 0.3 is 0 Å². The molecule has 1 aliphatic heterocycles. The Balaban J connectivity index is 1.73. The molecular formula is C23H25N3O. The largest absolute Gasteiger partial charge is 0.372 e. The first-order valence-electron chi connectivity index (χ1n) is 9.57. The van der Waals surface area contributed by atoms with Crippen LogP contribution in [0.2, 0.25) is 0 Å². The Hall–Kier alpha value is -3.06. The number of carbonyl (C=O) groups is 1. The standard InChI is InChI=1S/C23H25N3O/c1-2-19-8-4-5-9-22(19)25-23(27)20(17-24)16-18-10-12-21(13-11-18)26-14-6-3-7-15-26/h4-5,8-13,16H,2-3,6-7,14-15H2,1H3,(H,25,27)/b20-16-. The minimum absolute atomic E-state index is 0.103. The van der Waals surface area contributed by atoms with E-state index in [9.17, 15) is 10.1 Å². The smallest absolute Gasteiger partial charge is 0.266 e. The maximum Gasteiger partial charge on any atom is 0.266 e. The van der Waals surface area contributed by atoms with Crippen LogP contribution >= 0.6 is 0 Å². The number of hydrogen-bond donors (Lipinski definition) is 1. The van der Waals surface area contributed by atoms with Crippen LogP contribution in [0.25, 0.3) is 6.08 Å². The van der Waals surface area contributed by atoms with Crippen molar-refractivity contribution in [3.05, 3.63) is 65.2 Å². The number of benzene rings is 2. The van der Waals surface area contributed by atoms with Crippen molar-refractivity contribution < 1.29 is 4.79 Å². The number of para-hydroxylation sites is 1. The van der Waals surface area contributed by atoms with Crippen molar-refractivity contribution in [2.24, 2.45) is 0 Å². The monoisotopic (exact) mass is 359 g/mol. The van der Waals surface area contributed by atoms with Crippen molar-refractivity contribution >= 4 is 23.4 Å². The summed E-state index contributed by atoms with van der Waals surface area (Å²) in [4.78, 5) is 14.9. The lowest BCUT2D eigenvalue weighted by Gasteiger charge is -2.28. The molecule has 1 aliphatic rings. The summed E-state index contributed by atoms with van der Waals surface area (Å²) < 4.78 is 0. The normalized spacial score (nSPS) is 14.5. The Labute approximate surface area is 161 Å². The van der Waals surface area contributed by atoms with Gasteiger partial charge in [0, 0.05) is 24.5 Å². The number of nitriles is 1. The summed E-state index contributed by atoms with van der Waals surface area (Å²) in [5.74, 6) is -0.376. The van der Waals surface area contributed by atoms with Gasteiger partial charge in [0.1, 0.15) is 11.6 Å². The number of anilines is 2. The van der Waals surface area contributed by atoms with Crippen LogP contribution in [0.1, 0.15) is 37.3 Å². The number of carbonyl (C=O) groups excluding carboxylic acids is 1. The molecule has 0 aliphatic carbocycles. The minimum Gasteiger partial charge on any atom is -0.372 e. The van der Waals surface area contributed by atoms with Crippen molar-refractivity contribution in [3.8, 4) is 6.07 Å². The van der Waals surface area contributed by atoms with Gasteiger partial charge in [0.25, 0.3) is 5.91 Å². The fraction of sp³-hybridized carbons (Fsp3) is 0.304. The van der Waals surface area contributed by atoms with E-state index in [0.29, 0.717) is 0 Å². The fourth-order valence-electron chi connectivity index (χ4n) is 3.39. The summed E-state index contributed by atoms with van der Waals surface area (Å²) in [6, 6.07) is 17.7. The lowest BCUT2D eigenvalue weighted by Crippen LogP contribution is -2.29. The van der Waals surface area contributed by atoms with Gasteiger partial charge in [-0.3, -0.25) is 4.79 Å². The first-order valence-corrected chi connectivity index (χ1v) is 9.57. The first kappa shape index (κ1) is 18.7. The van der Waals surface area contributed by atoms with Crippen LogP contribution in [-0.4, -0.2) is 19.0 Å². The molecule has 0 bridgehead atoms. The molecule has 27 heavy (non-hydrogen) atoms. The third kappa shape index (κ3) is 4.77. The average Bonchev–Trinajstić information content (AvgIpc) is 2.73. The lowest BCUT2D eigenvalue weighted by atomic mass is 10.1. The Morgan fingerprint density at radius 1 is 1.11 bits per heavy atom. The molecular weight excluding hydrogens is 334 g/mol. The van der Waals surface area contributed by atoms with E-state index < -0.39 is 0 Å². The van der Waals surface area contributed by atoms with E-state index in [1.165, 1.54) is 24.9 Å². The average molecular weight is 359 g/mol. The van der Waals surface area contributed by atoms with E-state index in [2.05, 4.69) is 22.3 Å². The summed E-state index contributed by atoms with van der Waals surface area (Å²) in [6.45, 7) is 4.23. The number of rotatable bonds is 5. The van der Waals surface area contributed by atoms with Gasteiger partial charge < -0.3 is 10.2 Å². The van der Waals surface area contributed by atoms with Gasteiger partial charge in [-0.15, -0.1) is 0 Å². The molecule has 0 atom stereocenters. The molecule has 4 nitrogen and oxygen atoms in total. The van der Waals surface area contributed by atoms with Gasteiger partial charge in [0.2, 0.25) is 0 Å². The summed E-state index contributed by atoms with van der Waals surface area (Å²) in [6.07, 6.45) is 6.24. The fourth-order valence-corrected chi connectivity index (χ4v) is 3.39. The number of piperidine rings is 1. The predicted molar refractivity (Wildman–Crippen MR) is 111 cm³/mol. The summed E-state index contributed by atoms with van der Waals surface area (Å²) in [5, 5.41) is 12.3. The maximum absolute atomic E-state index is 12.5. The lowest BCUT2D eigenvalue weighted by molar-refractivity contribution is -0.112.